The second-order valence-corrected chi connectivity index (χ2v) is 19.4. The van der Waals surface area contributed by atoms with E-state index < -0.39 is 18.4 Å². The van der Waals surface area contributed by atoms with Gasteiger partial charge in [-0.05, 0) is 0 Å². The van der Waals surface area contributed by atoms with E-state index in [4.69, 9.17) is 0 Å². The summed E-state index contributed by atoms with van der Waals surface area (Å²) >= 11 is -2.04. The predicted octanol–water partition coefficient (Wildman–Crippen LogP) is 7.12. The van der Waals surface area contributed by atoms with Crippen molar-refractivity contribution < 1.29 is 0 Å². The van der Waals surface area contributed by atoms with Crippen LogP contribution in [0.4, 0.5) is 0 Å². The molecule has 0 nitrogen and oxygen atoms in total. The molecule has 0 heterocycles. The van der Waals surface area contributed by atoms with Gasteiger partial charge in [0.2, 0.25) is 0 Å². The van der Waals surface area contributed by atoms with Crippen molar-refractivity contribution in [3.8, 4) is 11.8 Å². The van der Waals surface area contributed by atoms with Gasteiger partial charge in [0.25, 0.3) is 0 Å². The van der Waals surface area contributed by atoms with Crippen molar-refractivity contribution in [3.63, 3.8) is 0 Å². The average molecular weight is 397 g/mol. The van der Waals surface area contributed by atoms with Crippen LogP contribution in [0.2, 0.25) is 13.3 Å². The Balaban J connectivity index is 4.74. The summed E-state index contributed by atoms with van der Waals surface area (Å²) in [6, 6.07) is 0. The average Bonchev–Trinajstić information content (AvgIpc) is 2.51. The Morgan fingerprint density at radius 2 is 1.19 bits per heavy atom. The summed E-state index contributed by atoms with van der Waals surface area (Å²) in [6.45, 7) is 9.25. The van der Waals surface area contributed by atoms with Crippen molar-refractivity contribution in [2.45, 2.75) is 98.8 Å². The van der Waals surface area contributed by atoms with Gasteiger partial charge in [-0.25, -0.2) is 0 Å². The van der Waals surface area contributed by atoms with Crippen molar-refractivity contribution in [1.29, 1.82) is 0 Å². The second kappa shape index (κ2) is 15.0. The molecular formula is C20H38Sn. The molecule has 0 spiro atoms. The van der Waals surface area contributed by atoms with Gasteiger partial charge in [0.1, 0.15) is 0 Å². The summed E-state index contributed by atoms with van der Waals surface area (Å²) in [5, 5.41) is 0. The first-order valence-electron chi connectivity index (χ1n) is 9.40. The van der Waals surface area contributed by atoms with Crippen LogP contribution in [0.1, 0.15) is 85.5 Å². The molecule has 0 aliphatic heterocycles. The Kier molecular flexibility index (Phi) is 15.1. The van der Waals surface area contributed by atoms with Gasteiger partial charge in [-0.15, -0.1) is 0 Å². The van der Waals surface area contributed by atoms with E-state index in [9.17, 15) is 0 Å². The van der Waals surface area contributed by atoms with Gasteiger partial charge in [-0.2, -0.15) is 0 Å². The Labute approximate surface area is 139 Å². The van der Waals surface area contributed by atoms with E-state index in [1.165, 1.54) is 51.4 Å². The molecule has 0 aliphatic rings. The fourth-order valence-corrected chi connectivity index (χ4v) is 16.7. The zero-order valence-electron chi connectivity index (χ0n) is 15.1. The third-order valence-electron chi connectivity index (χ3n) is 4.36. The Morgan fingerprint density at radius 1 is 0.714 bits per heavy atom. The van der Waals surface area contributed by atoms with Crippen LogP contribution in [0.3, 0.4) is 0 Å². The van der Waals surface area contributed by atoms with E-state index in [1.54, 1.807) is 13.3 Å². The first-order chi connectivity index (χ1) is 10.2. The van der Waals surface area contributed by atoms with E-state index >= 15 is 0 Å². The van der Waals surface area contributed by atoms with Crippen molar-refractivity contribution in [2.75, 3.05) is 0 Å². The summed E-state index contributed by atoms with van der Waals surface area (Å²) in [4.78, 5) is 0. The van der Waals surface area contributed by atoms with Gasteiger partial charge in [0.15, 0.2) is 0 Å². The molecule has 0 aromatic heterocycles. The Morgan fingerprint density at radius 3 is 1.62 bits per heavy atom. The Hall–Kier alpha value is 0.0987. The normalized spacial score (nSPS) is 11.6. The quantitative estimate of drug-likeness (QED) is 0.187. The third kappa shape index (κ3) is 11.3. The number of unbranched alkanes of at least 4 members (excludes halogenated alkanes) is 5. The zero-order chi connectivity index (χ0) is 15.8. The van der Waals surface area contributed by atoms with Crippen LogP contribution in [-0.2, 0) is 0 Å². The molecule has 0 N–H and O–H groups in total. The molecule has 21 heavy (non-hydrogen) atoms. The van der Waals surface area contributed by atoms with Gasteiger partial charge in [-0.3, -0.25) is 0 Å². The fraction of sp³-hybridized carbons (Fsp3) is 0.800. The molecular weight excluding hydrogens is 359 g/mol. The van der Waals surface area contributed by atoms with Crippen molar-refractivity contribution in [3.05, 3.63) is 10.2 Å². The molecule has 0 rings (SSSR count). The molecule has 0 fully saturated rings. The Bertz CT molecular complexity index is 284. The zero-order valence-corrected chi connectivity index (χ0v) is 18.0. The summed E-state index contributed by atoms with van der Waals surface area (Å²) in [6.07, 6.45) is 14.2. The number of allylic oxidation sites excluding steroid dienone is 1. The molecule has 0 aliphatic carbocycles. The van der Waals surface area contributed by atoms with Crippen LogP contribution in [0.25, 0.3) is 0 Å². The molecule has 0 saturated heterocycles. The van der Waals surface area contributed by atoms with Crippen molar-refractivity contribution >= 4 is 18.4 Å². The predicted molar refractivity (Wildman–Crippen MR) is 101 cm³/mol. The molecule has 0 radical (unpaired) electrons. The van der Waals surface area contributed by atoms with Gasteiger partial charge in [0.05, 0.1) is 0 Å². The topological polar surface area (TPSA) is 0 Å². The first kappa shape index (κ1) is 21.1. The maximum atomic E-state index is 3.33. The van der Waals surface area contributed by atoms with E-state index in [0.717, 1.165) is 6.42 Å². The maximum absolute atomic E-state index is 3.33. The third-order valence-corrected chi connectivity index (χ3v) is 18.4. The molecule has 0 saturated carbocycles. The van der Waals surface area contributed by atoms with E-state index in [2.05, 4.69) is 49.7 Å². The molecule has 0 unspecified atom stereocenters. The number of hydrogen-bond donors (Lipinski definition) is 0. The molecule has 122 valence electrons. The van der Waals surface area contributed by atoms with Crippen LogP contribution >= 0.6 is 0 Å². The van der Waals surface area contributed by atoms with Crippen LogP contribution in [-0.4, -0.2) is 18.4 Å². The second-order valence-electron chi connectivity index (χ2n) is 6.43. The fourth-order valence-electron chi connectivity index (χ4n) is 2.83. The summed E-state index contributed by atoms with van der Waals surface area (Å²) in [7, 11) is 0. The first-order valence-corrected chi connectivity index (χ1v) is 17.1. The summed E-state index contributed by atoms with van der Waals surface area (Å²) < 4.78 is 7.34. The standard InChI is InChI=1S/C8H11.3C4H9.Sn/c1-3-5-7-8-6-4-2;3*1-3-4-2;/h1,3H,4,6,8H2,2H3;3*1,3-4H2,2H3;. The van der Waals surface area contributed by atoms with E-state index in [0.29, 0.717) is 0 Å². The molecule has 0 aromatic rings. The van der Waals surface area contributed by atoms with Crippen LogP contribution < -0.4 is 0 Å². The molecule has 1 heteroatoms. The van der Waals surface area contributed by atoms with Crippen LogP contribution in [0, 0.1) is 11.8 Å². The summed E-state index contributed by atoms with van der Waals surface area (Å²) in [5.41, 5.74) is 0. The van der Waals surface area contributed by atoms with Crippen LogP contribution in [0.5, 0.6) is 0 Å². The minimum absolute atomic E-state index is 1.07. The monoisotopic (exact) mass is 398 g/mol. The summed E-state index contributed by atoms with van der Waals surface area (Å²) in [5.74, 6) is 6.65. The van der Waals surface area contributed by atoms with Crippen molar-refractivity contribution in [1.82, 2.24) is 0 Å². The minimum atomic E-state index is -2.04. The molecule has 0 atom stereocenters. The van der Waals surface area contributed by atoms with Gasteiger partial charge in [0, 0.05) is 0 Å². The van der Waals surface area contributed by atoms with Gasteiger partial charge < -0.3 is 0 Å². The van der Waals surface area contributed by atoms with Crippen molar-refractivity contribution in [2.24, 2.45) is 0 Å². The van der Waals surface area contributed by atoms with E-state index in [-0.39, 0.29) is 0 Å². The number of hydrogen-bond acceptors (Lipinski definition) is 0. The van der Waals surface area contributed by atoms with Crippen LogP contribution in [0.15, 0.2) is 10.2 Å². The number of rotatable bonds is 12. The SMILES string of the molecule is CCCCC#C/C=[CH]\[Sn]([CH2]CCC)([CH2]CCC)[CH2]CCC. The molecule has 0 aromatic carbocycles. The van der Waals surface area contributed by atoms with E-state index in [1.807, 2.05) is 0 Å². The van der Waals surface area contributed by atoms with Gasteiger partial charge >= 0.3 is 139 Å². The molecule has 0 amide bonds. The molecule has 0 bridgehead atoms. The van der Waals surface area contributed by atoms with Gasteiger partial charge in [-0.1, -0.05) is 0 Å².